The van der Waals surface area contributed by atoms with Gasteiger partial charge in [0.15, 0.2) is 0 Å². The van der Waals surface area contributed by atoms with Crippen molar-refractivity contribution in [2.45, 2.75) is 6.61 Å². The van der Waals surface area contributed by atoms with Crippen LogP contribution in [0.5, 0.6) is 0 Å². The Balaban J connectivity index is 1.67. The second-order valence-corrected chi connectivity index (χ2v) is 5.99. The molecule has 0 unspecified atom stereocenters. The van der Waals surface area contributed by atoms with E-state index in [0.717, 1.165) is 0 Å². The molecule has 2 aromatic rings. The summed E-state index contributed by atoms with van der Waals surface area (Å²) in [5.41, 5.74) is 0.850. The first-order chi connectivity index (χ1) is 13.3. The molecular formula is C18H16ClN3O6. The van der Waals surface area contributed by atoms with Crippen LogP contribution >= 0.6 is 11.6 Å². The Bertz CT molecular complexity index is 868. The number of rotatable bonds is 8. The normalized spacial score (nSPS) is 10.0. The fraction of sp³-hybridized carbons (Fsp3) is 0.167. The van der Waals surface area contributed by atoms with Gasteiger partial charge in [0.1, 0.15) is 13.2 Å². The molecular weight excluding hydrogens is 390 g/mol. The van der Waals surface area contributed by atoms with E-state index in [-0.39, 0.29) is 25.4 Å². The van der Waals surface area contributed by atoms with Crippen LogP contribution < -0.4 is 10.6 Å². The maximum absolute atomic E-state index is 11.9. The molecule has 9 nitrogen and oxygen atoms in total. The van der Waals surface area contributed by atoms with Crippen molar-refractivity contribution in [2.24, 2.45) is 0 Å². The van der Waals surface area contributed by atoms with Crippen molar-refractivity contribution >= 4 is 35.1 Å². The predicted octanol–water partition coefficient (Wildman–Crippen LogP) is 1.84. The summed E-state index contributed by atoms with van der Waals surface area (Å²) >= 11 is 5.73. The van der Waals surface area contributed by atoms with Gasteiger partial charge in [-0.2, -0.15) is 0 Å². The number of nitro benzene ring substituents is 1. The molecule has 0 aliphatic heterocycles. The van der Waals surface area contributed by atoms with Crippen LogP contribution in [-0.4, -0.2) is 35.8 Å². The molecule has 2 amide bonds. The third-order valence-electron chi connectivity index (χ3n) is 3.49. The summed E-state index contributed by atoms with van der Waals surface area (Å²) in [6.07, 6.45) is 0. The zero-order valence-corrected chi connectivity index (χ0v) is 15.3. The summed E-state index contributed by atoms with van der Waals surface area (Å²) in [6.45, 7) is -0.764. The van der Waals surface area contributed by atoms with E-state index in [1.807, 2.05) is 0 Å². The van der Waals surface area contributed by atoms with Crippen molar-refractivity contribution < 1.29 is 24.0 Å². The van der Waals surface area contributed by atoms with Gasteiger partial charge in [0.2, 0.25) is 5.91 Å². The average molecular weight is 406 g/mol. The number of nitrogens with zero attached hydrogens (tertiary/aromatic N) is 1. The Labute approximate surface area is 164 Å². The minimum absolute atomic E-state index is 0.0667. The number of ether oxygens (including phenoxy) is 1. The summed E-state index contributed by atoms with van der Waals surface area (Å²) in [6, 6.07) is 11.7. The van der Waals surface area contributed by atoms with Gasteiger partial charge in [-0.3, -0.25) is 24.5 Å². The molecule has 0 saturated heterocycles. The standard InChI is InChI=1S/C18H16ClN3O6/c19-14-5-3-13(4-6-14)18(25)21-9-16(23)20-10-17(24)28-11-12-1-7-15(8-2-12)22(26)27/h1-8H,9-11H2,(H,20,23)(H,21,25). The van der Waals surface area contributed by atoms with Gasteiger partial charge < -0.3 is 15.4 Å². The smallest absolute Gasteiger partial charge is 0.325 e. The van der Waals surface area contributed by atoms with Gasteiger partial charge in [0, 0.05) is 22.7 Å². The third-order valence-corrected chi connectivity index (χ3v) is 3.74. The number of amides is 2. The van der Waals surface area contributed by atoms with E-state index in [4.69, 9.17) is 16.3 Å². The number of nitro groups is 1. The molecule has 0 aromatic heterocycles. The lowest BCUT2D eigenvalue weighted by atomic mass is 10.2. The van der Waals surface area contributed by atoms with Crippen molar-refractivity contribution in [1.82, 2.24) is 10.6 Å². The highest BCUT2D eigenvalue weighted by Gasteiger charge is 2.10. The maximum atomic E-state index is 11.9. The summed E-state index contributed by atoms with van der Waals surface area (Å²) < 4.78 is 4.96. The second kappa shape index (κ2) is 10.0. The van der Waals surface area contributed by atoms with E-state index in [9.17, 15) is 24.5 Å². The topological polar surface area (TPSA) is 128 Å². The van der Waals surface area contributed by atoms with Gasteiger partial charge >= 0.3 is 5.97 Å². The van der Waals surface area contributed by atoms with Gasteiger partial charge in [-0.1, -0.05) is 11.6 Å². The van der Waals surface area contributed by atoms with Crippen molar-refractivity contribution in [3.05, 3.63) is 74.8 Å². The van der Waals surface area contributed by atoms with Gasteiger partial charge in [0.25, 0.3) is 11.6 Å². The Kier molecular flexibility index (Phi) is 7.46. The van der Waals surface area contributed by atoms with E-state index in [1.165, 1.54) is 36.4 Å². The second-order valence-electron chi connectivity index (χ2n) is 5.55. The molecule has 0 heterocycles. The van der Waals surface area contributed by atoms with E-state index in [1.54, 1.807) is 12.1 Å². The molecule has 0 radical (unpaired) electrons. The minimum Gasteiger partial charge on any atom is -0.460 e. The monoisotopic (exact) mass is 405 g/mol. The third kappa shape index (κ3) is 6.69. The highest BCUT2D eigenvalue weighted by atomic mass is 35.5. The number of hydrogen-bond acceptors (Lipinski definition) is 6. The number of hydrogen-bond donors (Lipinski definition) is 2. The molecule has 0 fully saturated rings. The first kappa shape index (κ1) is 20.8. The zero-order valence-electron chi connectivity index (χ0n) is 14.5. The van der Waals surface area contributed by atoms with E-state index in [2.05, 4.69) is 10.6 Å². The van der Waals surface area contributed by atoms with Crippen LogP contribution in [0.25, 0.3) is 0 Å². The SMILES string of the molecule is O=C(CNC(=O)c1ccc(Cl)cc1)NCC(=O)OCc1ccc([N+](=O)[O-])cc1. The highest BCUT2D eigenvalue weighted by Crippen LogP contribution is 2.12. The molecule has 2 aromatic carbocycles. The minimum atomic E-state index is -0.685. The maximum Gasteiger partial charge on any atom is 0.325 e. The molecule has 0 saturated carbocycles. The Morgan fingerprint density at radius 2 is 1.61 bits per heavy atom. The largest absolute Gasteiger partial charge is 0.460 e. The molecule has 2 rings (SSSR count). The molecule has 0 atom stereocenters. The summed E-state index contributed by atoms with van der Waals surface area (Å²) in [4.78, 5) is 45.2. The quantitative estimate of drug-likeness (QED) is 0.392. The number of halogens is 1. The van der Waals surface area contributed by atoms with Crippen molar-refractivity contribution in [3.63, 3.8) is 0 Å². The number of nitrogens with one attached hydrogen (secondary N) is 2. The molecule has 0 aliphatic carbocycles. The van der Waals surface area contributed by atoms with Gasteiger partial charge in [-0.05, 0) is 42.0 Å². The summed E-state index contributed by atoms with van der Waals surface area (Å²) in [7, 11) is 0. The Morgan fingerprint density at radius 3 is 2.21 bits per heavy atom. The average Bonchev–Trinajstić information content (AvgIpc) is 2.69. The van der Waals surface area contributed by atoms with E-state index >= 15 is 0 Å². The number of carbonyl (C=O) groups is 3. The van der Waals surface area contributed by atoms with Gasteiger partial charge in [-0.25, -0.2) is 0 Å². The molecule has 0 aliphatic rings. The number of benzene rings is 2. The fourth-order valence-electron chi connectivity index (χ4n) is 2.03. The van der Waals surface area contributed by atoms with Crippen molar-refractivity contribution in [1.29, 1.82) is 0 Å². The number of esters is 1. The summed E-state index contributed by atoms with van der Waals surface area (Å²) in [5.74, 6) is -1.70. The zero-order chi connectivity index (χ0) is 20.5. The van der Waals surface area contributed by atoms with E-state index < -0.39 is 22.7 Å². The molecule has 146 valence electrons. The summed E-state index contributed by atoms with van der Waals surface area (Å²) in [5, 5.41) is 15.8. The fourth-order valence-corrected chi connectivity index (χ4v) is 2.15. The number of carbonyl (C=O) groups excluding carboxylic acids is 3. The lowest BCUT2D eigenvalue weighted by molar-refractivity contribution is -0.384. The highest BCUT2D eigenvalue weighted by molar-refractivity contribution is 6.30. The van der Waals surface area contributed by atoms with Crippen LogP contribution in [0.1, 0.15) is 15.9 Å². The first-order valence-electron chi connectivity index (χ1n) is 8.04. The Hall–Kier alpha value is -3.46. The van der Waals surface area contributed by atoms with Crippen molar-refractivity contribution in [2.75, 3.05) is 13.1 Å². The lowest BCUT2D eigenvalue weighted by Crippen LogP contribution is -2.39. The van der Waals surface area contributed by atoms with Crippen LogP contribution in [0.3, 0.4) is 0 Å². The lowest BCUT2D eigenvalue weighted by Gasteiger charge is -2.08. The van der Waals surface area contributed by atoms with Crippen molar-refractivity contribution in [3.8, 4) is 0 Å². The van der Waals surface area contributed by atoms with Crippen LogP contribution in [-0.2, 0) is 20.9 Å². The van der Waals surface area contributed by atoms with Crippen LogP contribution in [0, 0.1) is 10.1 Å². The molecule has 10 heteroatoms. The number of non-ortho nitro benzene ring substituents is 1. The molecule has 0 bridgehead atoms. The van der Waals surface area contributed by atoms with Crippen LogP contribution in [0.4, 0.5) is 5.69 Å². The van der Waals surface area contributed by atoms with Crippen LogP contribution in [0.15, 0.2) is 48.5 Å². The first-order valence-corrected chi connectivity index (χ1v) is 8.42. The molecule has 0 spiro atoms. The van der Waals surface area contributed by atoms with Crippen LogP contribution in [0.2, 0.25) is 5.02 Å². The molecule has 2 N–H and O–H groups in total. The van der Waals surface area contributed by atoms with Gasteiger partial charge in [0.05, 0.1) is 11.5 Å². The van der Waals surface area contributed by atoms with Gasteiger partial charge in [-0.15, -0.1) is 0 Å². The Morgan fingerprint density at radius 1 is 0.964 bits per heavy atom. The van der Waals surface area contributed by atoms with E-state index in [0.29, 0.717) is 16.1 Å². The molecule has 28 heavy (non-hydrogen) atoms. The predicted molar refractivity (Wildman–Crippen MR) is 99.7 cm³/mol.